The van der Waals surface area contributed by atoms with Gasteiger partial charge in [-0.2, -0.15) is 0 Å². The number of phenolic OH excluding ortho intramolecular Hbond substituents is 1. The number of ether oxygens (including phenoxy) is 1. The molecule has 0 bridgehead atoms. The predicted molar refractivity (Wildman–Crippen MR) is 110 cm³/mol. The molecule has 148 valence electrons. The normalized spacial score (nSPS) is 21.0. The van der Waals surface area contributed by atoms with Crippen molar-refractivity contribution in [3.63, 3.8) is 0 Å². The second-order valence-corrected chi connectivity index (χ2v) is 6.85. The molecule has 2 aliphatic rings. The lowest BCUT2D eigenvalue weighted by molar-refractivity contribution is -0.127. The van der Waals surface area contributed by atoms with Gasteiger partial charge in [0.1, 0.15) is 11.6 Å². The monoisotopic (exact) mass is 382 g/mol. The molecule has 3 heterocycles. The van der Waals surface area contributed by atoms with Crippen LogP contribution in [0.4, 0.5) is 5.82 Å². The fraction of sp³-hybridized carbons (Fsp3) is 0.286. The average molecular weight is 382 g/mol. The number of aromatic nitrogens is 1. The smallest absolute Gasteiger partial charge is 0.246 e. The number of fused-ring (bicyclic) bond motifs is 1. The van der Waals surface area contributed by atoms with Gasteiger partial charge in [0.05, 0.1) is 19.3 Å². The number of nitrogens with one attached hydrogen (secondary N) is 1. The van der Waals surface area contributed by atoms with Gasteiger partial charge in [-0.3, -0.25) is 4.79 Å². The minimum absolute atomic E-state index is 0.0491. The van der Waals surface area contributed by atoms with Crippen LogP contribution in [0.25, 0.3) is 11.8 Å². The molecule has 2 saturated heterocycles. The molecule has 1 aromatic heterocycles. The van der Waals surface area contributed by atoms with E-state index in [9.17, 15) is 9.90 Å². The molecule has 2 aliphatic heterocycles. The van der Waals surface area contributed by atoms with Crippen LogP contribution in [-0.2, 0) is 9.53 Å². The predicted octanol–water partition coefficient (Wildman–Crippen LogP) is 2.18. The van der Waals surface area contributed by atoms with Crippen LogP contribution in [0.5, 0.6) is 5.75 Å². The van der Waals surface area contributed by atoms with Gasteiger partial charge in [-0.1, -0.05) is 18.7 Å². The quantitative estimate of drug-likeness (QED) is 0.607. The summed E-state index contributed by atoms with van der Waals surface area (Å²) in [5.74, 6) is 1.34. The van der Waals surface area contributed by atoms with Gasteiger partial charge >= 0.3 is 0 Å². The second kappa shape index (κ2) is 8.67. The number of nitrogens with zero attached hydrogens (tertiary/aromatic N) is 1. The van der Waals surface area contributed by atoms with Crippen molar-refractivity contribution in [2.24, 2.45) is 11.7 Å². The summed E-state index contributed by atoms with van der Waals surface area (Å²) in [6, 6.07) is 9.06. The molecule has 2 atom stereocenters. The number of aromatic hydroxyl groups is 1. The first-order valence-corrected chi connectivity index (χ1v) is 9.20. The van der Waals surface area contributed by atoms with Crippen molar-refractivity contribution in [3.8, 4) is 5.75 Å². The van der Waals surface area contributed by atoms with Crippen LogP contribution in [0.3, 0.4) is 0 Å². The molecule has 1 amide bonds. The molecule has 1 aromatic carbocycles. The van der Waals surface area contributed by atoms with Crippen molar-refractivity contribution >= 4 is 23.5 Å². The molecule has 0 radical (unpaired) electrons. The van der Waals surface area contributed by atoms with E-state index in [1.54, 1.807) is 30.5 Å². The number of H-pyrrole nitrogens is 1. The highest BCUT2D eigenvalue weighted by Gasteiger charge is 2.39. The van der Waals surface area contributed by atoms with Crippen molar-refractivity contribution in [1.82, 2.24) is 9.88 Å². The van der Waals surface area contributed by atoms with Crippen LogP contribution in [0, 0.1) is 5.92 Å². The summed E-state index contributed by atoms with van der Waals surface area (Å²) in [4.78, 5) is 16.0. The minimum atomic E-state index is 0.0491. The number of carbonyl (C=O) groups is 1. The maximum atomic E-state index is 11.3. The number of para-hydroxylation sites is 1. The number of phenols is 1. The average Bonchev–Trinajstić information content (AvgIpc) is 3.40. The van der Waals surface area contributed by atoms with Gasteiger partial charge in [-0.05, 0) is 36.8 Å². The van der Waals surface area contributed by atoms with E-state index in [1.807, 2.05) is 17.0 Å². The Hall–Kier alpha value is -3.19. The summed E-state index contributed by atoms with van der Waals surface area (Å²) >= 11 is 0. The molecule has 7 nitrogen and oxygen atoms in total. The number of nitrogen functional groups attached to an aromatic ring is 1. The van der Waals surface area contributed by atoms with Crippen LogP contribution >= 0.6 is 0 Å². The Morgan fingerprint density at radius 2 is 2.11 bits per heavy atom. The van der Waals surface area contributed by atoms with Gasteiger partial charge in [0.15, 0.2) is 0 Å². The molecule has 2 unspecified atom stereocenters. The zero-order valence-corrected chi connectivity index (χ0v) is 15.7. The molecular formula is C21H26N4O3. The summed E-state index contributed by atoms with van der Waals surface area (Å²) in [5, 5.41) is 9.62. The number of aromatic amines is 1. The maximum absolute atomic E-state index is 11.3. The number of carbonyl (C=O) groups excluding carboxylic acids is 1. The fourth-order valence-electron chi connectivity index (χ4n) is 3.55. The van der Waals surface area contributed by atoms with Gasteiger partial charge in [-0.25, -0.2) is 0 Å². The van der Waals surface area contributed by atoms with Crippen LogP contribution < -0.4 is 11.5 Å². The Kier molecular flexibility index (Phi) is 6.06. The fourth-order valence-corrected chi connectivity index (χ4v) is 3.55. The summed E-state index contributed by atoms with van der Waals surface area (Å²) in [5.41, 5.74) is 13.5. The zero-order chi connectivity index (χ0) is 20.1. The number of benzene rings is 1. The molecule has 0 aliphatic carbocycles. The van der Waals surface area contributed by atoms with Crippen LogP contribution in [-0.4, -0.2) is 46.7 Å². The number of amides is 1. The summed E-state index contributed by atoms with van der Waals surface area (Å²) in [6.07, 6.45) is 5.94. The summed E-state index contributed by atoms with van der Waals surface area (Å²) in [7, 11) is 0. The first-order chi connectivity index (χ1) is 13.5. The Morgan fingerprint density at radius 3 is 2.79 bits per heavy atom. The molecule has 4 rings (SSSR count). The molecule has 0 saturated carbocycles. The van der Waals surface area contributed by atoms with Gasteiger partial charge in [0.25, 0.3) is 0 Å². The number of nitrogens with two attached hydrogens (primary N) is 2. The minimum Gasteiger partial charge on any atom is -0.507 e. The van der Waals surface area contributed by atoms with Gasteiger partial charge < -0.3 is 31.2 Å². The number of likely N-dealkylation sites (tertiary alicyclic amines) is 1. The number of hydrogen-bond donors (Lipinski definition) is 4. The van der Waals surface area contributed by atoms with Crippen LogP contribution in [0.1, 0.15) is 17.5 Å². The van der Waals surface area contributed by atoms with Crippen molar-refractivity contribution in [2.75, 3.05) is 25.5 Å². The van der Waals surface area contributed by atoms with Crippen molar-refractivity contribution in [3.05, 3.63) is 60.3 Å². The first kappa shape index (κ1) is 19.6. The molecule has 2 fully saturated rings. The summed E-state index contributed by atoms with van der Waals surface area (Å²) < 4.78 is 5.31. The maximum Gasteiger partial charge on any atom is 0.246 e. The molecule has 2 aromatic rings. The van der Waals surface area contributed by atoms with E-state index in [2.05, 4.69) is 11.6 Å². The van der Waals surface area contributed by atoms with E-state index >= 15 is 0 Å². The third-order valence-corrected chi connectivity index (χ3v) is 5.10. The Morgan fingerprint density at radius 1 is 1.32 bits per heavy atom. The molecular weight excluding hydrogens is 356 g/mol. The van der Waals surface area contributed by atoms with Crippen LogP contribution in [0.2, 0.25) is 0 Å². The number of rotatable bonds is 3. The summed E-state index contributed by atoms with van der Waals surface area (Å²) in [6.45, 7) is 5.90. The Bertz CT molecular complexity index is 874. The number of hydrogen-bond acceptors (Lipinski definition) is 5. The largest absolute Gasteiger partial charge is 0.507 e. The van der Waals surface area contributed by atoms with E-state index in [0.717, 1.165) is 25.1 Å². The highest BCUT2D eigenvalue weighted by Crippen LogP contribution is 2.29. The highest BCUT2D eigenvalue weighted by molar-refractivity contribution is 5.87. The standard InChI is InChI=1S/C12H13N3O.C9H13NO2/c13-10(7-8-5-6-15-12(8)14)9-3-1-2-4-11(9)16;1-2-9(11)10-4-3-7-5-12-6-8(7)10/h1-7,15-16H,13-14H2;2,7-8H,1,3-6H2/b10-7-;. The third kappa shape index (κ3) is 4.20. The Labute approximate surface area is 164 Å². The lowest BCUT2D eigenvalue weighted by Crippen LogP contribution is -2.36. The van der Waals surface area contributed by atoms with Crippen molar-refractivity contribution in [1.29, 1.82) is 0 Å². The van der Waals surface area contributed by atoms with Crippen molar-refractivity contribution < 1.29 is 14.6 Å². The van der Waals surface area contributed by atoms with E-state index in [1.165, 1.54) is 6.08 Å². The molecule has 28 heavy (non-hydrogen) atoms. The third-order valence-electron chi connectivity index (χ3n) is 5.10. The van der Waals surface area contributed by atoms with Gasteiger partial charge in [0.2, 0.25) is 5.91 Å². The van der Waals surface area contributed by atoms with E-state index < -0.39 is 0 Å². The van der Waals surface area contributed by atoms with E-state index in [-0.39, 0.29) is 11.7 Å². The molecule has 7 heteroatoms. The van der Waals surface area contributed by atoms with Gasteiger partial charge in [-0.15, -0.1) is 0 Å². The van der Waals surface area contributed by atoms with Crippen molar-refractivity contribution in [2.45, 2.75) is 12.5 Å². The topological polar surface area (TPSA) is 118 Å². The number of anilines is 1. The lowest BCUT2D eigenvalue weighted by Gasteiger charge is -2.20. The van der Waals surface area contributed by atoms with E-state index in [0.29, 0.717) is 35.6 Å². The molecule has 0 spiro atoms. The molecule has 6 N–H and O–H groups in total. The lowest BCUT2D eigenvalue weighted by atomic mass is 10.1. The highest BCUT2D eigenvalue weighted by atomic mass is 16.5. The second-order valence-electron chi connectivity index (χ2n) is 6.85. The van der Waals surface area contributed by atoms with Gasteiger partial charge in [0, 0.05) is 35.5 Å². The SMILES string of the molecule is C=CC(=O)N1CCC2COCC21.N/C(=C\c1cc[nH]c1N)c1ccccc1O. The van der Waals surface area contributed by atoms with Crippen LogP contribution in [0.15, 0.2) is 49.2 Å². The van der Waals surface area contributed by atoms with E-state index in [4.69, 9.17) is 16.2 Å². The first-order valence-electron chi connectivity index (χ1n) is 9.20. The zero-order valence-electron chi connectivity index (χ0n) is 15.7. The Balaban J connectivity index is 0.000000167.